The summed E-state index contributed by atoms with van der Waals surface area (Å²) in [5.41, 5.74) is 2.32. The second-order valence-electron chi connectivity index (χ2n) is 3.84. The van der Waals surface area contributed by atoms with Crippen LogP contribution in [-0.2, 0) is 11.3 Å². The van der Waals surface area contributed by atoms with Gasteiger partial charge in [0.25, 0.3) is 0 Å². The molecule has 2 rings (SSSR count). The van der Waals surface area contributed by atoms with Gasteiger partial charge in [0.15, 0.2) is 12.4 Å². The van der Waals surface area contributed by atoms with Crippen LogP contribution in [0.4, 0.5) is 4.39 Å². The van der Waals surface area contributed by atoms with Gasteiger partial charge in [0.2, 0.25) is 6.54 Å². The molecule has 0 saturated carbocycles. The van der Waals surface area contributed by atoms with Crippen molar-refractivity contribution in [3.63, 3.8) is 0 Å². The first-order valence-corrected chi connectivity index (χ1v) is 6.10. The van der Waals surface area contributed by atoms with E-state index >= 15 is 0 Å². The Morgan fingerprint density at radius 1 is 1.45 bits per heavy atom. The van der Waals surface area contributed by atoms with Gasteiger partial charge in [0, 0.05) is 18.3 Å². The Hall–Kier alpha value is -2.34. The Bertz CT molecular complexity index is 613. The van der Waals surface area contributed by atoms with Gasteiger partial charge in [-0.1, -0.05) is 17.7 Å². The number of nitrogens with zero attached hydrogens (tertiary/aromatic N) is 3. The molecule has 1 amide bonds. The quantitative estimate of drug-likeness (QED) is 0.400. The van der Waals surface area contributed by atoms with Gasteiger partial charge >= 0.3 is 5.91 Å². The van der Waals surface area contributed by atoms with Gasteiger partial charge in [0.1, 0.15) is 11.0 Å². The molecule has 0 radical (unpaired) electrons. The molecule has 0 aliphatic heterocycles. The second kappa shape index (κ2) is 6.72. The van der Waals surface area contributed by atoms with Gasteiger partial charge in [-0.25, -0.2) is 14.8 Å². The molecule has 0 fully saturated rings. The van der Waals surface area contributed by atoms with Crippen molar-refractivity contribution in [1.29, 1.82) is 0 Å². The van der Waals surface area contributed by atoms with Crippen LogP contribution < -0.4 is 9.99 Å². The highest BCUT2D eigenvalue weighted by atomic mass is 35.5. The van der Waals surface area contributed by atoms with Crippen LogP contribution >= 0.6 is 11.6 Å². The van der Waals surface area contributed by atoms with Crippen molar-refractivity contribution >= 4 is 23.7 Å². The topological polar surface area (TPSA) is 58.2 Å². The van der Waals surface area contributed by atoms with E-state index in [0.717, 1.165) is 12.3 Å². The molecule has 1 N–H and O–H groups in total. The summed E-state index contributed by atoms with van der Waals surface area (Å²) in [5, 5.41) is 3.64. The molecule has 0 aromatic carbocycles. The fourth-order valence-corrected chi connectivity index (χ4v) is 1.65. The Balaban J connectivity index is 1.95. The molecule has 5 nitrogen and oxygen atoms in total. The van der Waals surface area contributed by atoms with Crippen LogP contribution in [0, 0.1) is 5.82 Å². The fourth-order valence-electron chi connectivity index (χ4n) is 1.45. The minimum atomic E-state index is -0.555. The van der Waals surface area contributed by atoms with Gasteiger partial charge in [0.05, 0.1) is 11.8 Å². The highest BCUT2D eigenvalue weighted by molar-refractivity contribution is 6.31. The number of nitrogens with one attached hydrogen (secondary N) is 1. The van der Waals surface area contributed by atoms with Gasteiger partial charge in [-0.15, -0.1) is 0 Å². The average molecular weight is 294 g/mol. The zero-order valence-corrected chi connectivity index (χ0v) is 11.1. The Labute approximate surface area is 119 Å². The van der Waals surface area contributed by atoms with E-state index in [4.69, 9.17) is 11.6 Å². The van der Waals surface area contributed by atoms with Crippen molar-refractivity contribution < 1.29 is 13.8 Å². The molecule has 0 bridgehead atoms. The maximum atomic E-state index is 13.4. The van der Waals surface area contributed by atoms with E-state index in [1.54, 1.807) is 29.1 Å². The molecular weight excluding hydrogens is 283 g/mol. The third kappa shape index (κ3) is 3.83. The third-order valence-corrected chi connectivity index (χ3v) is 2.68. The third-order valence-electron chi connectivity index (χ3n) is 2.37. The summed E-state index contributed by atoms with van der Waals surface area (Å²) in [6.07, 6.45) is 5.87. The van der Waals surface area contributed by atoms with E-state index in [9.17, 15) is 9.18 Å². The molecule has 2 aromatic heterocycles. The minimum absolute atomic E-state index is 0.0135. The smallest absolute Gasteiger partial charge is 0.266 e. The van der Waals surface area contributed by atoms with Crippen molar-refractivity contribution in [1.82, 2.24) is 10.4 Å². The van der Waals surface area contributed by atoms with Gasteiger partial charge in [-0.05, 0) is 6.07 Å². The average Bonchev–Trinajstić information content (AvgIpc) is 2.43. The van der Waals surface area contributed by atoms with Crippen molar-refractivity contribution in [2.75, 3.05) is 0 Å². The molecule has 0 unspecified atom stereocenters. The molecule has 0 spiro atoms. The molecular formula is C13H11ClFN4O+. The largest absolute Gasteiger partial charge is 0.305 e. The number of halogens is 2. The summed E-state index contributed by atoms with van der Waals surface area (Å²) in [6.45, 7) is 0.113. The lowest BCUT2D eigenvalue weighted by molar-refractivity contribution is -0.684. The number of hydrazone groups is 1. The van der Waals surface area contributed by atoms with E-state index in [-0.39, 0.29) is 23.2 Å². The predicted molar refractivity (Wildman–Crippen MR) is 71.6 cm³/mol. The van der Waals surface area contributed by atoms with Crippen molar-refractivity contribution in [3.8, 4) is 0 Å². The first-order valence-electron chi connectivity index (χ1n) is 5.73. The predicted octanol–water partition coefficient (Wildman–Crippen LogP) is 1.31. The normalized spacial score (nSPS) is 10.7. The number of rotatable bonds is 4. The molecule has 0 saturated heterocycles. The molecule has 102 valence electrons. The first-order chi connectivity index (χ1) is 9.66. The monoisotopic (exact) mass is 293 g/mol. The molecule has 0 aliphatic carbocycles. The van der Waals surface area contributed by atoms with Crippen LogP contribution in [0.2, 0.25) is 5.15 Å². The number of carbonyl (C=O) groups is 1. The standard InChI is InChI=1S/C13H10ClFN4O/c14-13-10(11(15)4-5-16-13)8-17-18-12(20)9-19-6-2-1-3-7-19/h1-8H,9H2/p+1/b17-8+. The highest BCUT2D eigenvalue weighted by Gasteiger charge is 2.08. The SMILES string of the molecule is O=C(C[n+]1ccccc1)N/N=C/c1c(F)ccnc1Cl. The molecule has 0 aliphatic rings. The van der Waals surface area contributed by atoms with Crippen molar-refractivity contribution in [3.05, 3.63) is 59.4 Å². The van der Waals surface area contributed by atoms with E-state index in [2.05, 4.69) is 15.5 Å². The van der Waals surface area contributed by atoms with E-state index < -0.39 is 5.82 Å². The summed E-state index contributed by atoms with van der Waals surface area (Å²) >= 11 is 5.72. The lowest BCUT2D eigenvalue weighted by Crippen LogP contribution is -2.40. The second-order valence-corrected chi connectivity index (χ2v) is 4.20. The van der Waals surface area contributed by atoms with Gasteiger partial charge in [-0.3, -0.25) is 4.79 Å². The van der Waals surface area contributed by atoms with Crippen LogP contribution in [0.15, 0.2) is 48.0 Å². The molecule has 2 heterocycles. The summed E-state index contributed by atoms with van der Waals surface area (Å²) < 4.78 is 15.1. The molecule has 2 aromatic rings. The lowest BCUT2D eigenvalue weighted by Gasteiger charge is -1.99. The van der Waals surface area contributed by atoms with Crippen LogP contribution in [-0.4, -0.2) is 17.1 Å². The number of carbonyl (C=O) groups excluding carboxylic acids is 1. The van der Waals surface area contributed by atoms with Crippen LogP contribution in [0.3, 0.4) is 0 Å². The zero-order chi connectivity index (χ0) is 14.4. The Kier molecular flexibility index (Phi) is 4.73. The van der Waals surface area contributed by atoms with Crippen LogP contribution in [0.5, 0.6) is 0 Å². The summed E-state index contributed by atoms with van der Waals surface area (Å²) in [5.74, 6) is -0.890. The summed E-state index contributed by atoms with van der Waals surface area (Å²) in [7, 11) is 0. The zero-order valence-electron chi connectivity index (χ0n) is 10.3. The minimum Gasteiger partial charge on any atom is -0.266 e. The van der Waals surface area contributed by atoms with E-state index in [0.29, 0.717) is 0 Å². The maximum absolute atomic E-state index is 13.4. The Morgan fingerprint density at radius 3 is 2.90 bits per heavy atom. The van der Waals surface area contributed by atoms with Gasteiger partial charge < -0.3 is 0 Å². The number of pyridine rings is 2. The molecule has 0 atom stereocenters. The van der Waals surface area contributed by atoms with Gasteiger partial charge in [-0.2, -0.15) is 9.67 Å². The van der Waals surface area contributed by atoms with Crippen molar-refractivity contribution in [2.45, 2.75) is 6.54 Å². The van der Waals surface area contributed by atoms with Crippen LogP contribution in [0.1, 0.15) is 5.56 Å². The number of amides is 1. The van der Waals surface area contributed by atoms with Crippen molar-refractivity contribution in [2.24, 2.45) is 5.10 Å². The fraction of sp³-hybridized carbons (Fsp3) is 0.0769. The molecule has 20 heavy (non-hydrogen) atoms. The van der Waals surface area contributed by atoms with Crippen LogP contribution in [0.25, 0.3) is 0 Å². The lowest BCUT2D eigenvalue weighted by atomic mass is 10.3. The number of hydrogen-bond acceptors (Lipinski definition) is 3. The first kappa shape index (κ1) is 14.1. The Morgan fingerprint density at radius 2 is 2.20 bits per heavy atom. The van der Waals surface area contributed by atoms with E-state index in [1.165, 1.54) is 6.20 Å². The highest BCUT2D eigenvalue weighted by Crippen LogP contribution is 2.13. The van der Waals surface area contributed by atoms with E-state index in [1.807, 2.05) is 6.07 Å². The maximum Gasteiger partial charge on any atom is 0.305 e. The number of hydrogen-bond donors (Lipinski definition) is 1. The number of aromatic nitrogens is 2. The summed E-state index contributed by atoms with van der Waals surface area (Å²) in [6, 6.07) is 6.62. The molecule has 7 heteroatoms. The summed E-state index contributed by atoms with van der Waals surface area (Å²) in [4.78, 5) is 15.3.